The molecular weight excluding hydrogens is 184 g/mol. The average molecular weight is 198 g/mol. The molecule has 0 aromatic rings. The van der Waals surface area contributed by atoms with Crippen molar-refractivity contribution in [2.45, 2.75) is 25.0 Å². The predicted octanol–water partition coefficient (Wildman–Crippen LogP) is 0.315. The van der Waals surface area contributed by atoms with E-state index < -0.39 is 23.6 Å². The first-order valence-electron chi connectivity index (χ1n) is 4.50. The Kier molecular flexibility index (Phi) is 3.08. The molecule has 0 aromatic heterocycles. The van der Waals surface area contributed by atoms with E-state index in [1.54, 1.807) is 19.1 Å². The Bertz CT molecular complexity index is 282. The third kappa shape index (κ3) is 1.86. The molecule has 0 spiro atoms. The van der Waals surface area contributed by atoms with Crippen LogP contribution in [-0.4, -0.2) is 33.0 Å². The molecular formula is C10H14O4. The van der Waals surface area contributed by atoms with Crippen LogP contribution in [-0.2, 0) is 4.79 Å². The highest BCUT2D eigenvalue weighted by Gasteiger charge is 2.40. The molecule has 0 radical (unpaired) electrons. The molecule has 78 valence electrons. The van der Waals surface area contributed by atoms with Crippen LogP contribution in [0.4, 0.5) is 0 Å². The minimum Gasteiger partial charge on any atom is -0.479 e. The largest absolute Gasteiger partial charge is 0.479 e. The fourth-order valence-electron chi connectivity index (χ4n) is 1.57. The van der Waals surface area contributed by atoms with Crippen LogP contribution in [0.5, 0.6) is 0 Å². The molecule has 3 atom stereocenters. The van der Waals surface area contributed by atoms with Crippen molar-refractivity contribution in [1.82, 2.24) is 0 Å². The van der Waals surface area contributed by atoms with Gasteiger partial charge in [-0.3, -0.25) is 0 Å². The normalized spacial score (nSPS) is 32.9. The Morgan fingerprint density at radius 1 is 1.57 bits per heavy atom. The summed E-state index contributed by atoms with van der Waals surface area (Å²) in [6, 6.07) is 0. The van der Waals surface area contributed by atoms with Crippen LogP contribution in [0, 0.1) is 5.92 Å². The van der Waals surface area contributed by atoms with Gasteiger partial charge in [0.1, 0.15) is 0 Å². The number of rotatable bonds is 3. The van der Waals surface area contributed by atoms with E-state index >= 15 is 0 Å². The van der Waals surface area contributed by atoms with Crippen LogP contribution in [0.3, 0.4) is 0 Å². The van der Waals surface area contributed by atoms with Crippen LogP contribution < -0.4 is 0 Å². The van der Waals surface area contributed by atoms with Crippen molar-refractivity contribution < 1.29 is 20.1 Å². The first kappa shape index (κ1) is 10.9. The van der Waals surface area contributed by atoms with Crippen molar-refractivity contribution in [3.63, 3.8) is 0 Å². The van der Waals surface area contributed by atoms with Gasteiger partial charge in [-0.15, -0.1) is 0 Å². The summed E-state index contributed by atoms with van der Waals surface area (Å²) in [7, 11) is 0. The molecule has 0 aliphatic heterocycles. The lowest BCUT2D eigenvalue weighted by Gasteiger charge is -2.34. The maximum atomic E-state index is 10.6. The van der Waals surface area contributed by atoms with Gasteiger partial charge in [0, 0.05) is 5.92 Å². The Labute approximate surface area is 82.2 Å². The minimum absolute atomic E-state index is 0.364. The summed E-state index contributed by atoms with van der Waals surface area (Å²) in [5.41, 5.74) is -1.26. The Hall–Kier alpha value is -1.13. The van der Waals surface area contributed by atoms with Crippen molar-refractivity contribution >= 4 is 5.97 Å². The molecule has 0 heterocycles. The summed E-state index contributed by atoms with van der Waals surface area (Å²) in [6.07, 6.45) is 5.10. The SMILES string of the molecule is CCC1(O)C=CC=CC1C(O)C(=O)O. The van der Waals surface area contributed by atoms with E-state index in [4.69, 9.17) is 5.11 Å². The smallest absolute Gasteiger partial charge is 0.333 e. The minimum atomic E-state index is -1.57. The highest BCUT2D eigenvalue weighted by molar-refractivity contribution is 5.73. The lowest BCUT2D eigenvalue weighted by Crippen LogP contribution is -2.45. The lowest BCUT2D eigenvalue weighted by molar-refractivity contribution is -0.153. The fraction of sp³-hybridized carbons (Fsp3) is 0.500. The molecule has 0 aromatic carbocycles. The summed E-state index contributed by atoms with van der Waals surface area (Å²) < 4.78 is 0. The van der Waals surface area contributed by atoms with Gasteiger partial charge in [-0.25, -0.2) is 4.79 Å². The molecule has 4 heteroatoms. The summed E-state index contributed by atoms with van der Waals surface area (Å²) in [6.45, 7) is 1.74. The van der Waals surface area contributed by atoms with Gasteiger partial charge in [-0.2, -0.15) is 0 Å². The highest BCUT2D eigenvalue weighted by atomic mass is 16.4. The molecule has 0 bridgehead atoms. The molecule has 0 fully saturated rings. The first-order valence-corrected chi connectivity index (χ1v) is 4.50. The summed E-state index contributed by atoms with van der Waals surface area (Å²) >= 11 is 0. The second kappa shape index (κ2) is 3.94. The summed E-state index contributed by atoms with van der Waals surface area (Å²) in [5.74, 6) is -2.10. The van der Waals surface area contributed by atoms with Crippen LogP contribution in [0.15, 0.2) is 24.3 Å². The van der Waals surface area contributed by atoms with Crippen molar-refractivity contribution in [2.75, 3.05) is 0 Å². The van der Waals surface area contributed by atoms with E-state index in [1.165, 1.54) is 12.2 Å². The molecule has 0 saturated carbocycles. The Balaban J connectivity index is 2.91. The standard InChI is InChI=1S/C10H14O4/c1-2-10(14)6-4-3-5-7(10)8(11)9(12)13/h3-8,11,14H,2H2,1H3,(H,12,13). The molecule has 0 amide bonds. The first-order chi connectivity index (χ1) is 6.51. The zero-order chi connectivity index (χ0) is 10.8. The zero-order valence-electron chi connectivity index (χ0n) is 7.92. The van der Waals surface area contributed by atoms with E-state index in [-0.39, 0.29) is 0 Å². The summed E-state index contributed by atoms with van der Waals surface area (Å²) in [5, 5.41) is 28.0. The number of aliphatic hydroxyl groups excluding tert-OH is 1. The topological polar surface area (TPSA) is 77.8 Å². The third-order valence-corrected chi connectivity index (χ3v) is 2.55. The number of hydrogen-bond acceptors (Lipinski definition) is 3. The van der Waals surface area contributed by atoms with Gasteiger partial charge in [-0.05, 0) is 6.42 Å². The number of carboxylic acid groups (broad SMARTS) is 1. The molecule has 1 rings (SSSR count). The van der Waals surface area contributed by atoms with Crippen molar-refractivity contribution in [3.8, 4) is 0 Å². The Morgan fingerprint density at radius 3 is 2.71 bits per heavy atom. The Morgan fingerprint density at radius 2 is 2.21 bits per heavy atom. The van der Waals surface area contributed by atoms with Crippen molar-refractivity contribution in [2.24, 2.45) is 5.92 Å². The van der Waals surface area contributed by atoms with Crippen molar-refractivity contribution in [3.05, 3.63) is 24.3 Å². The van der Waals surface area contributed by atoms with Crippen LogP contribution in [0.2, 0.25) is 0 Å². The fourth-order valence-corrected chi connectivity index (χ4v) is 1.57. The third-order valence-electron chi connectivity index (χ3n) is 2.55. The zero-order valence-corrected chi connectivity index (χ0v) is 7.92. The highest BCUT2D eigenvalue weighted by Crippen LogP contribution is 2.30. The van der Waals surface area contributed by atoms with Gasteiger partial charge in [0.2, 0.25) is 0 Å². The van der Waals surface area contributed by atoms with E-state index in [0.29, 0.717) is 6.42 Å². The average Bonchev–Trinajstić information content (AvgIpc) is 2.17. The lowest BCUT2D eigenvalue weighted by atomic mass is 9.78. The van der Waals surface area contributed by atoms with Gasteiger partial charge >= 0.3 is 5.97 Å². The van der Waals surface area contributed by atoms with E-state index in [1.807, 2.05) is 0 Å². The van der Waals surface area contributed by atoms with Gasteiger partial charge in [0.05, 0.1) is 5.60 Å². The van der Waals surface area contributed by atoms with Gasteiger partial charge < -0.3 is 15.3 Å². The molecule has 3 unspecified atom stereocenters. The number of hydrogen-bond donors (Lipinski definition) is 3. The van der Waals surface area contributed by atoms with E-state index in [9.17, 15) is 15.0 Å². The predicted molar refractivity (Wildman–Crippen MR) is 50.7 cm³/mol. The van der Waals surface area contributed by atoms with Crippen LogP contribution in [0.1, 0.15) is 13.3 Å². The molecule has 4 nitrogen and oxygen atoms in total. The van der Waals surface area contributed by atoms with Crippen molar-refractivity contribution in [1.29, 1.82) is 0 Å². The second-order valence-corrected chi connectivity index (χ2v) is 3.40. The number of aliphatic carboxylic acids is 1. The molecule has 1 aliphatic carbocycles. The molecule has 0 saturated heterocycles. The second-order valence-electron chi connectivity index (χ2n) is 3.40. The molecule has 3 N–H and O–H groups in total. The number of allylic oxidation sites excluding steroid dienone is 2. The number of carboxylic acids is 1. The maximum Gasteiger partial charge on any atom is 0.333 e. The van der Waals surface area contributed by atoms with E-state index in [2.05, 4.69) is 0 Å². The van der Waals surface area contributed by atoms with E-state index in [0.717, 1.165) is 0 Å². The quantitative estimate of drug-likeness (QED) is 0.610. The maximum absolute atomic E-state index is 10.6. The van der Waals surface area contributed by atoms with Gasteiger partial charge in [0.15, 0.2) is 6.10 Å². The van der Waals surface area contributed by atoms with Gasteiger partial charge in [0.25, 0.3) is 0 Å². The van der Waals surface area contributed by atoms with Gasteiger partial charge in [-0.1, -0.05) is 31.2 Å². The molecule has 14 heavy (non-hydrogen) atoms. The van der Waals surface area contributed by atoms with Crippen LogP contribution in [0.25, 0.3) is 0 Å². The monoisotopic (exact) mass is 198 g/mol. The molecule has 1 aliphatic rings. The number of carbonyl (C=O) groups is 1. The van der Waals surface area contributed by atoms with Crippen LogP contribution >= 0.6 is 0 Å². The summed E-state index contributed by atoms with van der Waals surface area (Å²) in [4.78, 5) is 10.6. The number of aliphatic hydroxyl groups is 2.